The Hall–Kier alpha value is -0.620. The summed E-state index contributed by atoms with van der Waals surface area (Å²) in [6.45, 7) is 1.88. The van der Waals surface area contributed by atoms with Crippen molar-refractivity contribution in [3.05, 3.63) is 34.1 Å². The second-order valence-electron chi connectivity index (χ2n) is 5.66. The minimum atomic E-state index is -4.11. The van der Waals surface area contributed by atoms with Crippen molar-refractivity contribution in [2.75, 3.05) is 0 Å². The fraction of sp³-hybridized carbons (Fsp3) is 0.600. The number of benzene rings is 1. The zero-order valence-electron chi connectivity index (χ0n) is 11.7. The first-order valence-corrected chi connectivity index (χ1v) is 7.84. The quantitative estimate of drug-likeness (QED) is 0.709. The van der Waals surface area contributed by atoms with Gasteiger partial charge in [-0.05, 0) is 43.9 Å². The standard InChI is InChI=1S/C15H18BrF4N/c1-9(13-6-5-11(17)8-14(13)16)21-12-4-2-3-10(7-12)15(18,19)20/h5-6,8-10,12,21H,2-4,7H2,1H3. The lowest BCUT2D eigenvalue weighted by Crippen LogP contribution is -2.39. The first kappa shape index (κ1) is 16.7. The first-order chi connectivity index (χ1) is 9.77. The van der Waals surface area contributed by atoms with E-state index in [1.165, 1.54) is 12.1 Å². The van der Waals surface area contributed by atoms with Crippen molar-refractivity contribution in [1.29, 1.82) is 0 Å². The van der Waals surface area contributed by atoms with Crippen molar-refractivity contribution in [2.24, 2.45) is 5.92 Å². The van der Waals surface area contributed by atoms with Gasteiger partial charge in [-0.3, -0.25) is 0 Å². The molecule has 0 aromatic heterocycles. The van der Waals surface area contributed by atoms with Gasteiger partial charge in [-0.2, -0.15) is 13.2 Å². The number of alkyl halides is 3. The van der Waals surface area contributed by atoms with Crippen molar-refractivity contribution in [1.82, 2.24) is 5.32 Å². The summed E-state index contributed by atoms with van der Waals surface area (Å²) in [5.41, 5.74) is 0.852. The van der Waals surface area contributed by atoms with Crippen LogP contribution < -0.4 is 5.32 Å². The lowest BCUT2D eigenvalue weighted by atomic mass is 9.85. The van der Waals surface area contributed by atoms with Crippen molar-refractivity contribution >= 4 is 15.9 Å². The van der Waals surface area contributed by atoms with Crippen LogP contribution in [0, 0.1) is 11.7 Å². The molecule has 1 N–H and O–H groups in total. The van der Waals surface area contributed by atoms with Crippen LogP contribution in [0.1, 0.15) is 44.2 Å². The Labute approximate surface area is 130 Å². The number of rotatable bonds is 3. The SMILES string of the molecule is CC(NC1CCCC(C(F)(F)F)C1)c1ccc(F)cc1Br. The van der Waals surface area contributed by atoms with Crippen LogP contribution >= 0.6 is 15.9 Å². The zero-order valence-corrected chi connectivity index (χ0v) is 13.3. The second kappa shape index (κ2) is 6.65. The zero-order chi connectivity index (χ0) is 15.6. The van der Waals surface area contributed by atoms with E-state index in [0.29, 0.717) is 10.9 Å². The molecule has 0 amide bonds. The summed E-state index contributed by atoms with van der Waals surface area (Å²) in [5, 5.41) is 3.25. The van der Waals surface area contributed by atoms with Gasteiger partial charge >= 0.3 is 6.18 Å². The molecular weight excluding hydrogens is 350 g/mol. The Balaban J connectivity index is 2.00. The number of hydrogen-bond acceptors (Lipinski definition) is 1. The van der Waals surface area contributed by atoms with E-state index < -0.39 is 12.1 Å². The van der Waals surface area contributed by atoms with Gasteiger partial charge in [-0.15, -0.1) is 0 Å². The maximum atomic E-state index is 13.1. The van der Waals surface area contributed by atoms with Gasteiger partial charge in [0.05, 0.1) is 5.92 Å². The number of hydrogen-bond donors (Lipinski definition) is 1. The van der Waals surface area contributed by atoms with Gasteiger partial charge in [-0.1, -0.05) is 28.4 Å². The molecule has 0 aliphatic heterocycles. The molecule has 0 spiro atoms. The van der Waals surface area contributed by atoms with Crippen LogP contribution in [-0.2, 0) is 0 Å². The van der Waals surface area contributed by atoms with E-state index in [1.807, 2.05) is 6.92 Å². The first-order valence-electron chi connectivity index (χ1n) is 7.05. The third kappa shape index (κ3) is 4.42. The predicted octanol–water partition coefficient (Wildman–Crippen LogP) is 5.36. The fourth-order valence-electron chi connectivity index (χ4n) is 2.93. The molecule has 1 nitrogen and oxygen atoms in total. The highest BCUT2D eigenvalue weighted by Crippen LogP contribution is 2.38. The van der Waals surface area contributed by atoms with Gasteiger partial charge in [0.1, 0.15) is 5.82 Å². The highest BCUT2D eigenvalue weighted by Gasteiger charge is 2.42. The van der Waals surface area contributed by atoms with E-state index in [2.05, 4.69) is 21.2 Å². The molecule has 1 aliphatic carbocycles. The maximum absolute atomic E-state index is 13.1. The summed E-state index contributed by atoms with van der Waals surface area (Å²) in [6, 6.07) is 4.10. The lowest BCUT2D eigenvalue weighted by Gasteiger charge is -2.33. The van der Waals surface area contributed by atoms with E-state index in [0.717, 1.165) is 12.0 Å². The summed E-state index contributed by atoms with van der Waals surface area (Å²) in [5.74, 6) is -1.56. The Morgan fingerprint density at radius 1 is 1.29 bits per heavy atom. The van der Waals surface area contributed by atoms with Crippen LogP contribution in [-0.4, -0.2) is 12.2 Å². The summed E-state index contributed by atoms with van der Waals surface area (Å²) in [7, 11) is 0. The van der Waals surface area contributed by atoms with E-state index in [1.54, 1.807) is 6.07 Å². The molecule has 1 fully saturated rings. The van der Waals surface area contributed by atoms with Crippen LogP contribution in [0.25, 0.3) is 0 Å². The topological polar surface area (TPSA) is 12.0 Å². The molecule has 1 aromatic rings. The van der Waals surface area contributed by atoms with Gasteiger partial charge in [-0.25, -0.2) is 4.39 Å². The minimum Gasteiger partial charge on any atom is -0.307 e. The largest absolute Gasteiger partial charge is 0.391 e. The van der Waals surface area contributed by atoms with Gasteiger partial charge in [0, 0.05) is 16.6 Å². The molecular formula is C15H18BrF4N. The molecule has 1 aliphatic rings. The van der Waals surface area contributed by atoms with Gasteiger partial charge < -0.3 is 5.32 Å². The third-order valence-electron chi connectivity index (χ3n) is 4.05. The third-order valence-corrected chi connectivity index (χ3v) is 4.74. The number of nitrogens with one attached hydrogen (secondary N) is 1. The van der Waals surface area contributed by atoms with Crippen molar-refractivity contribution in [3.63, 3.8) is 0 Å². The smallest absolute Gasteiger partial charge is 0.307 e. The van der Waals surface area contributed by atoms with E-state index >= 15 is 0 Å². The monoisotopic (exact) mass is 367 g/mol. The minimum absolute atomic E-state index is 0.118. The molecule has 3 atom stereocenters. The van der Waals surface area contributed by atoms with Crippen LogP contribution in [0.2, 0.25) is 0 Å². The molecule has 0 bridgehead atoms. The highest BCUT2D eigenvalue weighted by atomic mass is 79.9. The van der Waals surface area contributed by atoms with Gasteiger partial charge in [0.2, 0.25) is 0 Å². The summed E-state index contributed by atoms with van der Waals surface area (Å²) in [6.07, 6.45) is -2.45. The van der Waals surface area contributed by atoms with E-state index in [9.17, 15) is 17.6 Å². The highest BCUT2D eigenvalue weighted by molar-refractivity contribution is 9.10. The van der Waals surface area contributed by atoms with Crippen LogP contribution in [0.15, 0.2) is 22.7 Å². The van der Waals surface area contributed by atoms with Crippen LogP contribution in [0.4, 0.5) is 17.6 Å². The molecule has 2 rings (SSSR count). The van der Waals surface area contributed by atoms with Crippen molar-refractivity contribution < 1.29 is 17.6 Å². The van der Waals surface area contributed by atoms with Gasteiger partial charge in [0.25, 0.3) is 0 Å². The van der Waals surface area contributed by atoms with Crippen LogP contribution in [0.3, 0.4) is 0 Å². The molecule has 21 heavy (non-hydrogen) atoms. The molecule has 0 radical (unpaired) electrons. The van der Waals surface area contributed by atoms with Crippen molar-refractivity contribution in [3.8, 4) is 0 Å². The molecule has 1 aromatic carbocycles. The Bertz CT molecular complexity index is 489. The molecule has 1 saturated carbocycles. The number of halogens is 5. The normalized spacial score (nSPS) is 24.9. The Kier molecular flexibility index (Phi) is 5.30. The molecule has 6 heteroatoms. The predicted molar refractivity (Wildman–Crippen MR) is 77.5 cm³/mol. The second-order valence-corrected chi connectivity index (χ2v) is 6.51. The molecule has 118 valence electrons. The van der Waals surface area contributed by atoms with E-state index in [-0.39, 0.29) is 30.7 Å². The molecule has 0 saturated heterocycles. The average Bonchev–Trinajstić information content (AvgIpc) is 2.37. The lowest BCUT2D eigenvalue weighted by molar-refractivity contribution is -0.183. The summed E-state index contributed by atoms with van der Waals surface area (Å²) >= 11 is 3.30. The van der Waals surface area contributed by atoms with Crippen molar-refractivity contribution in [2.45, 2.75) is 50.9 Å². The van der Waals surface area contributed by atoms with E-state index in [4.69, 9.17) is 0 Å². The molecule has 3 unspecified atom stereocenters. The summed E-state index contributed by atoms with van der Waals surface area (Å²) in [4.78, 5) is 0. The Morgan fingerprint density at radius 3 is 2.62 bits per heavy atom. The Morgan fingerprint density at radius 2 is 2.00 bits per heavy atom. The summed E-state index contributed by atoms with van der Waals surface area (Å²) < 4.78 is 52.1. The van der Waals surface area contributed by atoms with Gasteiger partial charge in [0.15, 0.2) is 0 Å². The van der Waals surface area contributed by atoms with Crippen LogP contribution in [0.5, 0.6) is 0 Å². The molecule has 0 heterocycles. The fourth-order valence-corrected chi connectivity index (χ4v) is 3.63. The maximum Gasteiger partial charge on any atom is 0.391 e. The average molecular weight is 368 g/mol.